The summed E-state index contributed by atoms with van der Waals surface area (Å²) in [6.07, 6.45) is 4.26. The van der Waals surface area contributed by atoms with Crippen molar-refractivity contribution in [2.45, 2.75) is 13.3 Å². The minimum absolute atomic E-state index is 0.167. The van der Waals surface area contributed by atoms with Gasteiger partial charge in [-0.2, -0.15) is 0 Å². The molecule has 5 nitrogen and oxygen atoms in total. The first-order chi connectivity index (χ1) is 13.3. The highest BCUT2D eigenvalue weighted by molar-refractivity contribution is 6.02. The van der Waals surface area contributed by atoms with Crippen LogP contribution in [0.2, 0.25) is 0 Å². The normalized spacial score (nSPS) is 14.3. The summed E-state index contributed by atoms with van der Waals surface area (Å²) in [7, 11) is 0. The van der Waals surface area contributed by atoms with Crippen molar-refractivity contribution in [3.8, 4) is 5.75 Å². The second-order valence-electron chi connectivity index (χ2n) is 6.36. The number of carbonyl (C=O) groups is 1. The number of para-hydroxylation sites is 1. The summed E-state index contributed by atoms with van der Waals surface area (Å²) in [5.74, 6) is 0.623. The second-order valence-corrected chi connectivity index (χ2v) is 6.36. The third kappa shape index (κ3) is 5.59. The van der Waals surface area contributed by atoms with Gasteiger partial charge in [-0.15, -0.1) is 0 Å². The first-order valence-electron chi connectivity index (χ1n) is 9.40. The van der Waals surface area contributed by atoms with Gasteiger partial charge in [0.05, 0.1) is 19.8 Å². The van der Waals surface area contributed by atoms with Crippen molar-refractivity contribution in [2.24, 2.45) is 0 Å². The zero-order valence-corrected chi connectivity index (χ0v) is 15.7. The van der Waals surface area contributed by atoms with Gasteiger partial charge in [-0.3, -0.25) is 4.79 Å². The van der Waals surface area contributed by atoms with Gasteiger partial charge in [0.1, 0.15) is 5.75 Å². The molecule has 1 N–H and O–H groups in total. The van der Waals surface area contributed by atoms with Gasteiger partial charge in [-0.25, -0.2) is 0 Å². The Morgan fingerprint density at radius 2 is 1.89 bits per heavy atom. The Morgan fingerprint density at radius 1 is 1.15 bits per heavy atom. The quantitative estimate of drug-likeness (QED) is 0.754. The first kappa shape index (κ1) is 19.0. The number of carbonyl (C=O) groups excluding carboxylic acids is 1. The van der Waals surface area contributed by atoms with Gasteiger partial charge in [0.2, 0.25) is 5.91 Å². The number of rotatable bonds is 7. The van der Waals surface area contributed by atoms with Crippen molar-refractivity contribution >= 4 is 23.4 Å². The summed E-state index contributed by atoms with van der Waals surface area (Å²) < 4.78 is 11.1. The topological polar surface area (TPSA) is 50.8 Å². The van der Waals surface area contributed by atoms with Gasteiger partial charge in [0.25, 0.3) is 0 Å². The Bertz CT molecular complexity index is 765. The second kappa shape index (κ2) is 9.78. The lowest BCUT2D eigenvalue weighted by molar-refractivity contribution is -0.111. The van der Waals surface area contributed by atoms with Crippen LogP contribution in [0.3, 0.4) is 0 Å². The molecule has 0 aliphatic carbocycles. The molecule has 2 aromatic carbocycles. The number of hydrogen-bond donors (Lipinski definition) is 1. The van der Waals surface area contributed by atoms with Gasteiger partial charge in [-0.1, -0.05) is 25.1 Å². The SMILES string of the molecule is CCCOc1ccccc1/C=C/C(=O)Nc1ccc(N2CCOCC2)cc1. The fourth-order valence-corrected chi connectivity index (χ4v) is 2.89. The molecule has 0 saturated carbocycles. The molecule has 1 fully saturated rings. The molecule has 1 aliphatic heterocycles. The zero-order valence-electron chi connectivity index (χ0n) is 15.7. The van der Waals surface area contributed by atoms with E-state index in [1.54, 1.807) is 6.08 Å². The minimum atomic E-state index is -0.167. The van der Waals surface area contributed by atoms with Crippen molar-refractivity contribution < 1.29 is 14.3 Å². The lowest BCUT2D eigenvalue weighted by Gasteiger charge is -2.28. The van der Waals surface area contributed by atoms with E-state index in [2.05, 4.69) is 17.1 Å². The van der Waals surface area contributed by atoms with E-state index in [0.29, 0.717) is 6.61 Å². The number of ether oxygens (including phenoxy) is 2. The van der Waals surface area contributed by atoms with Crippen LogP contribution in [0.5, 0.6) is 5.75 Å². The van der Waals surface area contributed by atoms with Crippen LogP contribution in [0.15, 0.2) is 54.6 Å². The number of nitrogens with one attached hydrogen (secondary N) is 1. The summed E-state index contributed by atoms with van der Waals surface area (Å²) in [6, 6.07) is 15.6. The predicted octanol–water partition coefficient (Wildman–Crippen LogP) is 3.96. The Hall–Kier alpha value is -2.79. The Kier molecular flexibility index (Phi) is 6.88. The molecule has 1 saturated heterocycles. The maximum absolute atomic E-state index is 12.2. The molecule has 0 aromatic heterocycles. The first-order valence-corrected chi connectivity index (χ1v) is 9.40. The van der Waals surface area contributed by atoms with Crippen LogP contribution >= 0.6 is 0 Å². The van der Waals surface area contributed by atoms with E-state index in [1.807, 2.05) is 48.5 Å². The fourth-order valence-electron chi connectivity index (χ4n) is 2.89. The molecule has 3 rings (SSSR count). The molecule has 0 spiro atoms. The molecule has 1 amide bonds. The Labute approximate surface area is 160 Å². The zero-order chi connectivity index (χ0) is 18.9. The summed E-state index contributed by atoms with van der Waals surface area (Å²) >= 11 is 0. The van der Waals surface area contributed by atoms with Crippen LogP contribution in [-0.2, 0) is 9.53 Å². The number of morpholine rings is 1. The molecular weight excluding hydrogens is 340 g/mol. The number of hydrogen-bond acceptors (Lipinski definition) is 4. The Morgan fingerprint density at radius 3 is 2.63 bits per heavy atom. The van der Waals surface area contributed by atoms with E-state index >= 15 is 0 Å². The predicted molar refractivity (Wildman–Crippen MR) is 109 cm³/mol. The van der Waals surface area contributed by atoms with Crippen molar-refractivity contribution in [1.82, 2.24) is 0 Å². The molecule has 0 bridgehead atoms. The minimum Gasteiger partial charge on any atom is -0.493 e. The van der Waals surface area contributed by atoms with Crippen LogP contribution in [0.4, 0.5) is 11.4 Å². The molecule has 1 aliphatic rings. The smallest absolute Gasteiger partial charge is 0.248 e. The highest BCUT2D eigenvalue weighted by Gasteiger charge is 2.11. The average molecular weight is 366 g/mol. The summed E-state index contributed by atoms with van der Waals surface area (Å²) in [5, 5.41) is 2.90. The molecule has 0 unspecified atom stereocenters. The summed E-state index contributed by atoms with van der Waals surface area (Å²) in [4.78, 5) is 14.5. The van der Waals surface area contributed by atoms with Gasteiger partial charge < -0.3 is 19.7 Å². The van der Waals surface area contributed by atoms with Crippen molar-refractivity contribution in [2.75, 3.05) is 43.1 Å². The number of anilines is 2. The standard InChI is InChI=1S/C22H26N2O3/c1-2-15-27-21-6-4-3-5-18(21)7-12-22(25)23-19-8-10-20(11-9-19)24-13-16-26-17-14-24/h3-12H,2,13-17H2,1H3,(H,23,25)/b12-7+. The van der Waals surface area contributed by atoms with E-state index in [-0.39, 0.29) is 5.91 Å². The molecule has 27 heavy (non-hydrogen) atoms. The number of amides is 1. The third-order valence-corrected chi connectivity index (χ3v) is 4.31. The van der Waals surface area contributed by atoms with Gasteiger partial charge in [0.15, 0.2) is 0 Å². The largest absolute Gasteiger partial charge is 0.493 e. The van der Waals surface area contributed by atoms with Crippen LogP contribution in [0.25, 0.3) is 6.08 Å². The van der Waals surface area contributed by atoms with Gasteiger partial charge >= 0.3 is 0 Å². The van der Waals surface area contributed by atoms with E-state index < -0.39 is 0 Å². The lowest BCUT2D eigenvalue weighted by atomic mass is 10.2. The number of benzene rings is 2. The maximum Gasteiger partial charge on any atom is 0.248 e. The van der Waals surface area contributed by atoms with E-state index in [1.165, 1.54) is 6.08 Å². The third-order valence-electron chi connectivity index (χ3n) is 4.31. The highest BCUT2D eigenvalue weighted by Crippen LogP contribution is 2.21. The van der Waals surface area contributed by atoms with Crippen LogP contribution in [0.1, 0.15) is 18.9 Å². The lowest BCUT2D eigenvalue weighted by Crippen LogP contribution is -2.36. The molecule has 0 radical (unpaired) electrons. The molecule has 2 aromatic rings. The van der Waals surface area contributed by atoms with Crippen LogP contribution < -0.4 is 15.0 Å². The van der Waals surface area contributed by atoms with Crippen molar-refractivity contribution in [1.29, 1.82) is 0 Å². The van der Waals surface area contributed by atoms with Gasteiger partial charge in [-0.05, 0) is 42.8 Å². The molecular formula is C22H26N2O3. The molecule has 0 atom stereocenters. The van der Waals surface area contributed by atoms with E-state index in [9.17, 15) is 4.79 Å². The van der Waals surface area contributed by atoms with Crippen molar-refractivity contribution in [3.63, 3.8) is 0 Å². The van der Waals surface area contributed by atoms with E-state index in [0.717, 1.165) is 55.4 Å². The fraction of sp³-hybridized carbons (Fsp3) is 0.318. The van der Waals surface area contributed by atoms with Gasteiger partial charge in [0, 0.05) is 36.1 Å². The Balaban J connectivity index is 1.58. The number of nitrogens with zero attached hydrogens (tertiary/aromatic N) is 1. The molecule has 5 heteroatoms. The summed E-state index contributed by atoms with van der Waals surface area (Å²) in [6.45, 7) is 6.03. The van der Waals surface area contributed by atoms with E-state index in [4.69, 9.17) is 9.47 Å². The summed E-state index contributed by atoms with van der Waals surface area (Å²) in [5.41, 5.74) is 2.81. The van der Waals surface area contributed by atoms with Crippen LogP contribution in [0, 0.1) is 0 Å². The average Bonchev–Trinajstić information content (AvgIpc) is 2.72. The van der Waals surface area contributed by atoms with Crippen LogP contribution in [-0.4, -0.2) is 38.8 Å². The molecule has 142 valence electrons. The molecule has 1 heterocycles. The maximum atomic E-state index is 12.2. The van der Waals surface area contributed by atoms with Crippen molar-refractivity contribution in [3.05, 3.63) is 60.2 Å². The monoisotopic (exact) mass is 366 g/mol. The highest BCUT2D eigenvalue weighted by atomic mass is 16.5.